The van der Waals surface area contributed by atoms with Gasteiger partial charge in [0.05, 0.1) is 6.61 Å². The van der Waals surface area contributed by atoms with Crippen molar-refractivity contribution in [2.75, 3.05) is 25.1 Å². The Bertz CT molecular complexity index is 540. The summed E-state index contributed by atoms with van der Waals surface area (Å²) in [4.78, 5) is 0. The van der Waals surface area contributed by atoms with Gasteiger partial charge in [-0.25, -0.2) is 0 Å². The van der Waals surface area contributed by atoms with E-state index in [9.17, 15) is 0 Å². The summed E-state index contributed by atoms with van der Waals surface area (Å²) in [6.45, 7) is 6.05. The van der Waals surface area contributed by atoms with Crippen LogP contribution in [0.1, 0.15) is 12.5 Å². The molecule has 0 aliphatic heterocycles. The molecule has 2 rings (SSSR count). The van der Waals surface area contributed by atoms with E-state index in [0.717, 1.165) is 23.7 Å². The molecule has 0 saturated carbocycles. The molecule has 3 nitrogen and oxygen atoms in total. The lowest BCUT2D eigenvalue weighted by Gasteiger charge is -2.13. The van der Waals surface area contributed by atoms with E-state index in [1.165, 1.54) is 5.56 Å². The predicted octanol–water partition coefficient (Wildman–Crippen LogP) is 3.88. The maximum atomic E-state index is 5.76. The van der Waals surface area contributed by atoms with Gasteiger partial charge in [0.15, 0.2) is 11.5 Å². The maximum absolute atomic E-state index is 5.76. The van der Waals surface area contributed by atoms with Gasteiger partial charge in [-0.1, -0.05) is 30.3 Å². The van der Waals surface area contributed by atoms with E-state index in [2.05, 4.69) is 24.4 Å². The summed E-state index contributed by atoms with van der Waals surface area (Å²) >= 11 is 0. The Morgan fingerprint density at radius 2 is 1.55 bits per heavy atom. The molecule has 0 heterocycles. The maximum Gasteiger partial charge on any atom is 0.161 e. The molecule has 0 saturated heterocycles. The number of ether oxygens (including phenoxy) is 2. The summed E-state index contributed by atoms with van der Waals surface area (Å²) in [5, 5.41) is 3.37. The highest BCUT2D eigenvalue weighted by atomic mass is 16.5. The van der Waals surface area contributed by atoms with Crippen LogP contribution in [0.3, 0.4) is 0 Å². The van der Waals surface area contributed by atoms with Crippen molar-refractivity contribution < 1.29 is 9.47 Å². The topological polar surface area (TPSA) is 30.5 Å². The molecule has 0 amide bonds. The van der Waals surface area contributed by atoms with Crippen LogP contribution < -0.4 is 14.8 Å². The first kappa shape index (κ1) is 14.3. The van der Waals surface area contributed by atoms with E-state index in [1.54, 1.807) is 0 Å². The fourth-order valence-electron chi connectivity index (χ4n) is 1.96. The Morgan fingerprint density at radius 1 is 0.900 bits per heavy atom. The standard InChI is InChI=1S/C17H21NO2/c1-3-19-16-10-6-7-11-17(16)20-13-12-18-15-9-5-4-8-14(15)2/h4-11,18H,3,12-13H2,1-2H3. The van der Waals surface area contributed by atoms with Crippen LogP contribution in [-0.2, 0) is 0 Å². The van der Waals surface area contributed by atoms with Crippen molar-refractivity contribution in [3.05, 3.63) is 54.1 Å². The summed E-state index contributed by atoms with van der Waals surface area (Å²) in [6.07, 6.45) is 0. The van der Waals surface area contributed by atoms with Crippen molar-refractivity contribution in [3.63, 3.8) is 0 Å². The molecule has 3 heteroatoms. The van der Waals surface area contributed by atoms with Crippen molar-refractivity contribution in [1.82, 2.24) is 0 Å². The summed E-state index contributed by atoms with van der Waals surface area (Å²) in [6, 6.07) is 16.0. The van der Waals surface area contributed by atoms with Crippen molar-refractivity contribution in [2.45, 2.75) is 13.8 Å². The van der Waals surface area contributed by atoms with Gasteiger partial charge in [0.2, 0.25) is 0 Å². The molecule has 0 atom stereocenters. The fraction of sp³-hybridized carbons (Fsp3) is 0.294. The summed E-state index contributed by atoms with van der Waals surface area (Å²) in [5.41, 5.74) is 2.39. The van der Waals surface area contributed by atoms with Crippen LogP contribution in [0.2, 0.25) is 0 Å². The minimum absolute atomic E-state index is 0.596. The van der Waals surface area contributed by atoms with Crippen molar-refractivity contribution in [3.8, 4) is 11.5 Å². The average molecular weight is 271 g/mol. The summed E-state index contributed by atoms with van der Waals surface area (Å²) in [7, 11) is 0. The van der Waals surface area contributed by atoms with Gasteiger partial charge in [-0.3, -0.25) is 0 Å². The van der Waals surface area contributed by atoms with Crippen LogP contribution in [0, 0.1) is 6.92 Å². The number of benzene rings is 2. The highest BCUT2D eigenvalue weighted by Gasteiger charge is 2.03. The number of rotatable bonds is 7. The minimum atomic E-state index is 0.596. The second-order valence-corrected chi connectivity index (χ2v) is 4.47. The van der Waals surface area contributed by atoms with Gasteiger partial charge in [0.25, 0.3) is 0 Å². The van der Waals surface area contributed by atoms with Crippen LogP contribution in [-0.4, -0.2) is 19.8 Å². The number of aryl methyl sites for hydroxylation is 1. The molecule has 1 N–H and O–H groups in total. The molecule has 0 aliphatic carbocycles. The van der Waals surface area contributed by atoms with Gasteiger partial charge in [0.1, 0.15) is 6.61 Å². The first-order chi connectivity index (χ1) is 9.81. The molecule has 0 aromatic heterocycles. The zero-order valence-corrected chi connectivity index (χ0v) is 12.1. The quantitative estimate of drug-likeness (QED) is 0.775. The molecule has 0 aliphatic rings. The molecule has 0 spiro atoms. The second-order valence-electron chi connectivity index (χ2n) is 4.47. The lowest BCUT2D eigenvalue weighted by atomic mass is 10.2. The third kappa shape index (κ3) is 3.92. The molecular weight excluding hydrogens is 250 g/mol. The van der Waals surface area contributed by atoms with Crippen LogP contribution >= 0.6 is 0 Å². The Hall–Kier alpha value is -2.16. The summed E-state index contributed by atoms with van der Waals surface area (Å²) < 4.78 is 11.3. The van der Waals surface area contributed by atoms with Gasteiger partial charge in [-0.05, 0) is 37.6 Å². The zero-order chi connectivity index (χ0) is 14.2. The van der Waals surface area contributed by atoms with Crippen molar-refractivity contribution in [2.24, 2.45) is 0 Å². The van der Waals surface area contributed by atoms with E-state index >= 15 is 0 Å². The molecule has 0 fully saturated rings. The lowest BCUT2D eigenvalue weighted by molar-refractivity contribution is 0.284. The summed E-state index contributed by atoms with van der Waals surface area (Å²) in [5.74, 6) is 1.59. The monoisotopic (exact) mass is 271 g/mol. The van der Waals surface area contributed by atoms with Gasteiger partial charge >= 0.3 is 0 Å². The number of nitrogens with one attached hydrogen (secondary N) is 1. The third-order valence-corrected chi connectivity index (χ3v) is 2.97. The Balaban J connectivity index is 1.83. The molecular formula is C17H21NO2. The smallest absolute Gasteiger partial charge is 0.161 e. The van der Waals surface area contributed by atoms with Crippen LogP contribution in [0.4, 0.5) is 5.69 Å². The SMILES string of the molecule is CCOc1ccccc1OCCNc1ccccc1C. The first-order valence-electron chi connectivity index (χ1n) is 6.95. The molecule has 20 heavy (non-hydrogen) atoms. The molecule has 0 bridgehead atoms. The number of hydrogen-bond acceptors (Lipinski definition) is 3. The van der Waals surface area contributed by atoms with E-state index < -0.39 is 0 Å². The Kier molecular flexibility index (Phi) is 5.30. The normalized spacial score (nSPS) is 10.1. The van der Waals surface area contributed by atoms with Crippen molar-refractivity contribution in [1.29, 1.82) is 0 Å². The minimum Gasteiger partial charge on any atom is -0.490 e. The third-order valence-electron chi connectivity index (χ3n) is 2.97. The van der Waals surface area contributed by atoms with E-state index in [4.69, 9.17) is 9.47 Å². The van der Waals surface area contributed by atoms with Gasteiger partial charge in [-0.15, -0.1) is 0 Å². The average Bonchev–Trinajstić information content (AvgIpc) is 2.47. The number of para-hydroxylation sites is 3. The highest BCUT2D eigenvalue weighted by molar-refractivity contribution is 5.50. The highest BCUT2D eigenvalue weighted by Crippen LogP contribution is 2.26. The van der Waals surface area contributed by atoms with Gasteiger partial charge in [0, 0.05) is 12.2 Å². The van der Waals surface area contributed by atoms with E-state index in [1.807, 2.05) is 43.3 Å². The zero-order valence-electron chi connectivity index (χ0n) is 12.1. The molecule has 2 aromatic rings. The molecule has 2 aromatic carbocycles. The van der Waals surface area contributed by atoms with Crippen LogP contribution in [0.25, 0.3) is 0 Å². The fourth-order valence-corrected chi connectivity index (χ4v) is 1.96. The Morgan fingerprint density at radius 3 is 2.25 bits per heavy atom. The largest absolute Gasteiger partial charge is 0.490 e. The number of anilines is 1. The first-order valence-corrected chi connectivity index (χ1v) is 6.95. The molecule has 0 radical (unpaired) electrons. The molecule has 106 valence electrons. The van der Waals surface area contributed by atoms with Crippen LogP contribution in [0.5, 0.6) is 11.5 Å². The van der Waals surface area contributed by atoms with E-state index in [-0.39, 0.29) is 0 Å². The number of hydrogen-bond donors (Lipinski definition) is 1. The Labute approximate surface area is 120 Å². The van der Waals surface area contributed by atoms with Gasteiger partial charge in [-0.2, -0.15) is 0 Å². The van der Waals surface area contributed by atoms with Gasteiger partial charge < -0.3 is 14.8 Å². The second kappa shape index (κ2) is 7.43. The molecule has 0 unspecified atom stereocenters. The van der Waals surface area contributed by atoms with E-state index in [0.29, 0.717) is 13.2 Å². The predicted molar refractivity (Wildman–Crippen MR) is 82.8 cm³/mol. The van der Waals surface area contributed by atoms with Crippen LogP contribution in [0.15, 0.2) is 48.5 Å². The lowest BCUT2D eigenvalue weighted by Crippen LogP contribution is -2.12. The van der Waals surface area contributed by atoms with Crippen molar-refractivity contribution >= 4 is 5.69 Å².